The average Bonchev–Trinajstić information content (AvgIpc) is 2.97. The van der Waals surface area contributed by atoms with Crippen LogP contribution in [-0.4, -0.2) is 31.4 Å². The molecular formula is C19H18N2O4S. The molecule has 0 saturated carbocycles. The second-order valence-electron chi connectivity index (χ2n) is 5.28. The van der Waals surface area contributed by atoms with Crippen LogP contribution in [0.4, 0.5) is 0 Å². The predicted molar refractivity (Wildman–Crippen MR) is 103 cm³/mol. The number of thioether (sulfide) groups is 1. The predicted octanol–water partition coefficient (Wildman–Crippen LogP) is 3.08. The van der Waals surface area contributed by atoms with Crippen molar-refractivity contribution < 1.29 is 19.0 Å². The molecule has 1 heterocycles. The first-order valence-corrected chi connectivity index (χ1v) is 8.74. The maximum Gasteiger partial charge on any atom is 0.286 e. The van der Waals surface area contributed by atoms with Gasteiger partial charge in [0.2, 0.25) is 0 Å². The van der Waals surface area contributed by atoms with Crippen molar-refractivity contribution in [1.29, 1.82) is 0 Å². The first-order chi connectivity index (χ1) is 12.7. The highest BCUT2D eigenvalue weighted by Crippen LogP contribution is 2.29. The lowest BCUT2D eigenvalue weighted by atomic mass is 10.2. The van der Waals surface area contributed by atoms with Gasteiger partial charge in [0, 0.05) is 5.56 Å². The van der Waals surface area contributed by atoms with Gasteiger partial charge in [-0.3, -0.25) is 4.79 Å². The van der Waals surface area contributed by atoms with Gasteiger partial charge in [0.1, 0.15) is 30.5 Å². The van der Waals surface area contributed by atoms with Crippen molar-refractivity contribution in [3.63, 3.8) is 0 Å². The fourth-order valence-electron chi connectivity index (χ4n) is 2.28. The van der Waals surface area contributed by atoms with E-state index >= 15 is 0 Å². The molecule has 0 spiro atoms. The number of para-hydroxylation sites is 1. The molecule has 2 aromatic rings. The summed E-state index contributed by atoms with van der Waals surface area (Å²) in [6.45, 7) is 0.757. The Morgan fingerprint density at radius 2 is 1.73 bits per heavy atom. The summed E-state index contributed by atoms with van der Waals surface area (Å²) in [5, 5.41) is 0.257. The Labute approximate surface area is 155 Å². The molecule has 7 heteroatoms. The van der Waals surface area contributed by atoms with Gasteiger partial charge in [-0.05, 0) is 48.2 Å². The van der Waals surface area contributed by atoms with E-state index in [4.69, 9.17) is 19.9 Å². The highest BCUT2D eigenvalue weighted by atomic mass is 32.2. The number of aliphatic imine (C=N–C) groups is 1. The highest BCUT2D eigenvalue weighted by Gasteiger charge is 2.20. The van der Waals surface area contributed by atoms with Gasteiger partial charge in [-0.25, -0.2) is 0 Å². The Morgan fingerprint density at radius 1 is 1.04 bits per heavy atom. The van der Waals surface area contributed by atoms with E-state index in [0.717, 1.165) is 28.8 Å². The molecule has 0 aromatic heterocycles. The van der Waals surface area contributed by atoms with Gasteiger partial charge >= 0.3 is 0 Å². The summed E-state index contributed by atoms with van der Waals surface area (Å²) in [6.07, 6.45) is 1.73. The van der Waals surface area contributed by atoms with Crippen LogP contribution in [0.3, 0.4) is 0 Å². The Bertz CT molecular complexity index is 847. The molecule has 0 fully saturated rings. The van der Waals surface area contributed by atoms with Crippen LogP contribution in [0.2, 0.25) is 0 Å². The van der Waals surface area contributed by atoms with E-state index in [0.29, 0.717) is 23.9 Å². The van der Waals surface area contributed by atoms with E-state index in [1.165, 1.54) is 0 Å². The second kappa shape index (κ2) is 8.44. The molecule has 0 radical (unpaired) electrons. The molecule has 1 aliphatic heterocycles. The molecule has 1 aliphatic rings. The zero-order valence-corrected chi connectivity index (χ0v) is 15.0. The standard InChI is InChI=1S/C19H18N2O4S/c1-23-14-6-8-15(9-7-14)24-10-11-25-16-5-3-2-4-13(16)12-17-18(22)21-19(20)26-17/h2-9,12H,10-11H2,1H3,(H2,20,21,22)/b17-12-. The molecule has 26 heavy (non-hydrogen) atoms. The zero-order chi connectivity index (χ0) is 18.4. The van der Waals surface area contributed by atoms with Crippen molar-refractivity contribution in [1.82, 2.24) is 0 Å². The molecule has 134 valence electrons. The van der Waals surface area contributed by atoms with Crippen LogP contribution < -0.4 is 19.9 Å². The Balaban J connectivity index is 1.57. The lowest BCUT2D eigenvalue weighted by Gasteiger charge is -2.11. The summed E-state index contributed by atoms with van der Waals surface area (Å²) in [7, 11) is 1.62. The minimum Gasteiger partial charge on any atom is -0.497 e. The zero-order valence-electron chi connectivity index (χ0n) is 14.2. The third kappa shape index (κ3) is 4.58. The average molecular weight is 370 g/mol. The molecule has 3 rings (SSSR count). The SMILES string of the molecule is COc1ccc(OCCOc2ccccc2/C=C2\SC(N)=NC2=O)cc1. The molecule has 1 amide bonds. The quantitative estimate of drug-likeness (QED) is 0.596. The summed E-state index contributed by atoms with van der Waals surface area (Å²) in [5.74, 6) is 1.85. The summed E-state index contributed by atoms with van der Waals surface area (Å²) < 4.78 is 16.5. The van der Waals surface area contributed by atoms with E-state index in [9.17, 15) is 4.79 Å². The molecule has 0 saturated heterocycles. The van der Waals surface area contributed by atoms with E-state index < -0.39 is 0 Å². The van der Waals surface area contributed by atoms with Crippen molar-refractivity contribution in [2.45, 2.75) is 0 Å². The summed E-state index contributed by atoms with van der Waals surface area (Å²) in [6, 6.07) is 14.8. The van der Waals surface area contributed by atoms with Crippen molar-refractivity contribution in [3.05, 3.63) is 59.0 Å². The number of rotatable bonds is 7. The van der Waals surface area contributed by atoms with Gasteiger partial charge in [0.05, 0.1) is 12.0 Å². The molecule has 2 N–H and O–H groups in total. The van der Waals surface area contributed by atoms with Crippen LogP contribution in [-0.2, 0) is 4.79 Å². The van der Waals surface area contributed by atoms with E-state index in [2.05, 4.69) is 4.99 Å². The molecule has 0 atom stereocenters. The summed E-state index contributed by atoms with van der Waals surface area (Å²) in [4.78, 5) is 15.9. The first kappa shape index (κ1) is 17.9. The van der Waals surface area contributed by atoms with Crippen LogP contribution in [0.15, 0.2) is 58.4 Å². The van der Waals surface area contributed by atoms with Crippen molar-refractivity contribution in [2.24, 2.45) is 10.7 Å². The van der Waals surface area contributed by atoms with Crippen molar-refractivity contribution in [2.75, 3.05) is 20.3 Å². The van der Waals surface area contributed by atoms with Crippen LogP contribution in [0, 0.1) is 0 Å². The molecule has 2 aromatic carbocycles. The third-order valence-electron chi connectivity index (χ3n) is 3.51. The largest absolute Gasteiger partial charge is 0.497 e. The second-order valence-corrected chi connectivity index (χ2v) is 6.34. The number of benzene rings is 2. The van der Waals surface area contributed by atoms with Gasteiger partial charge in [-0.15, -0.1) is 0 Å². The number of hydrogen-bond donors (Lipinski definition) is 1. The number of nitrogens with two attached hydrogens (primary N) is 1. The Morgan fingerprint density at radius 3 is 2.42 bits per heavy atom. The van der Waals surface area contributed by atoms with Crippen LogP contribution in [0.25, 0.3) is 6.08 Å². The van der Waals surface area contributed by atoms with Crippen LogP contribution >= 0.6 is 11.8 Å². The van der Waals surface area contributed by atoms with E-state index in [1.807, 2.05) is 48.5 Å². The number of amidine groups is 1. The smallest absolute Gasteiger partial charge is 0.286 e. The number of carbonyl (C=O) groups is 1. The first-order valence-electron chi connectivity index (χ1n) is 7.92. The highest BCUT2D eigenvalue weighted by molar-refractivity contribution is 8.18. The topological polar surface area (TPSA) is 83.1 Å². The fourth-order valence-corrected chi connectivity index (χ4v) is 2.95. The number of carbonyl (C=O) groups excluding carboxylic acids is 1. The minimum absolute atomic E-state index is 0.257. The normalized spacial score (nSPS) is 15.0. The van der Waals surface area contributed by atoms with E-state index in [1.54, 1.807) is 13.2 Å². The van der Waals surface area contributed by atoms with Gasteiger partial charge in [-0.1, -0.05) is 18.2 Å². The molecular weight excluding hydrogens is 352 g/mol. The lowest BCUT2D eigenvalue weighted by Crippen LogP contribution is -2.09. The number of nitrogens with zero attached hydrogens (tertiary/aromatic N) is 1. The van der Waals surface area contributed by atoms with Crippen LogP contribution in [0.1, 0.15) is 5.56 Å². The van der Waals surface area contributed by atoms with Gasteiger partial charge in [0.25, 0.3) is 5.91 Å². The molecule has 0 aliphatic carbocycles. The molecule has 0 bridgehead atoms. The minimum atomic E-state index is -0.329. The maximum absolute atomic E-state index is 11.7. The van der Waals surface area contributed by atoms with Gasteiger partial charge < -0.3 is 19.9 Å². The van der Waals surface area contributed by atoms with Crippen molar-refractivity contribution >= 4 is 28.9 Å². The van der Waals surface area contributed by atoms with Crippen LogP contribution in [0.5, 0.6) is 17.2 Å². The third-order valence-corrected chi connectivity index (χ3v) is 4.32. The Hall–Kier alpha value is -2.93. The van der Waals surface area contributed by atoms with E-state index in [-0.39, 0.29) is 11.1 Å². The molecule has 0 unspecified atom stereocenters. The molecule has 6 nitrogen and oxygen atoms in total. The van der Waals surface area contributed by atoms with Gasteiger partial charge in [-0.2, -0.15) is 4.99 Å². The number of hydrogen-bond acceptors (Lipinski definition) is 6. The number of amides is 1. The maximum atomic E-state index is 11.7. The summed E-state index contributed by atoms with van der Waals surface area (Å²) >= 11 is 1.15. The van der Waals surface area contributed by atoms with Gasteiger partial charge in [0.15, 0.2) is 5.17 Å². The number of ether oxygens (including phenoxy) is 3. The summed E-state index contributed by atoms with van der Waals surface area (Å²) in [5.41, 5.74) is 6.36. The number of methoxy groups -OCH3 is 1. The Kier molecular flexibility index (Phi) is 5.80. The van der Waals surface area contributed by atoms with Crippen molar-refractivity contribution in [3.8, 4) is 17.2 Å². The fraction of sp³-hybridized carbons (Fsp3) is 0.158. The monoisotopic (exact) mass is 370 g/mol. The lowest BCUT2D eigenvalue weighted by molar-refractivity contribution is -0.113.